The van der Waals surface area contributed by atoms with E-state index in [2.05, 4.69) is 4.18 Å². The molecule has 0 saturated carbocycles. The summed E-state index contributed by atoms with van der Waals surface area (Å²) in [6.07, 6.45) is 2.55. The Morgan fingerprint density at radius 3 is 2.70 bits per heavy atom. The molecular weight excluding hydrogens is 156 g/mol. The van der Waals surface area contributed by atoms with Gasteiger partial charge in [-0.15, -0.1) is 0 Å². The molecule has 0 heterocycles. The highest BCUT2D eigenvalue weighted by Gasteiger charge is 1.87. The van der Waals surface area contributed by atoms with Crippen molar-refractivity contribution < 1.29 is 17.7 Å². The third-order valence-electron chi connectivity index (χ3n) is 0.896. The van der Waals surface area contributed by atoms with Crippen LogP contribution in [-0.4, -0.2) is 21.7 Å². The van der Waals surface area contributed by atoms with E-state index in [1.165, 1.54) is 0 Å². The van der Waals surface area contributed by atoms with Crippen LogP contribution < -0.4 is 0 Å². The molecule has 10 heavy (non-hydrogen) atoms. The number of carbonyl (C=O) groups is 1. The van der Waals surface area contributed by atoms with Gasteiger partial charge in [0.1, 0.15) is 6.29 Å². The van der Waals surface area contributed by atoms with Crippen molar-refractivity contribution >= 4 is 17.6 Å². The minimum Gasteiger partial charge on any atom is -0.750 e. The van der Waals surface area contributed by atoms with Gasteiger partial charge in [0.2, 0.25) is 0 Å². The monoisotopic (exact) mass is 165 g/mol. The Morgan fingerprint density at radius 1 is 1.50 bits per heavy atom. The van der Waals surface area contributed by atoms with Crippen molar-refractivity contribution in [1.82, 2.24) is 0 Å². The molecular formula is C5H9O4S-. The van der Waals surface area contributed by atoms with Gasteiger partial charge in [0.05, 0.1) is 18.0 Å². The van der Waals surface area contributed by atoms with E-state index in [1.807, 2.05) is 0 Å². The van der Waals surface area contributed by atoms with Gasteiger partial charge in [-0.2, -0.15) is 0 Å². The lowest BCUT2D eigenvalue weighted by Crippen LogP contribution is -1.97. The summed E-state index contributed by atoms with van der Waals surface area (Å²) in [6, 6.07) is 0. The second-order valence-corrected chi connectivity index (χ2v) is 2.33. The van der Waals surface area contributed by atoms with E-state index in [-0.39, 0.29) is 6.61 Å². The maximum Gasteiger partial charge on any atom is 0.119 e. The first-order valence-corrected chi connectivity index (χ1v) is 3.93. The summed E-state index contributed by atoms with van der Waals surface area (Å²) in [5.41, 5.74) is 0. The van der Waals surface area contributed by atoms with Crippen molar-refractivity contribution in [3.05, 3.63) is 0 Å². The van der Waals surface area contributed by atoms with Crippen LogP contribution in [0.2, 0.25) is 0 Å². The number of hydrogen-bond donors (Lipinski definition) is 0. The highest BCUT2D eigenvalue weighted by atomic mass is 32.2. The van der Waals surface area contributed by atoms with E-state index in [0.29, 0.717) is 19.3 Å². The van der Waals surface area contributed by atoms with Crippen LogP contribution in [-0.2, 0) is 20.3 Å². The van der Waals surface area contributed by atoms with Gasteiger partial charge >= 0.3 is 0 Å². The molecule has 0 rings (SSSR count). The minimum atomic E-state index is -2.41. The maximum atomic E-state index is 9.74. The SMILES string of the molecule is O=CCCCCOS(=O)[O-]. The topological polar surface area (TPSA) is 66.4 Å². The molecule has 0 fully saturated rings. The lowest BCUT2D eigenvalue weighted by molar-refractivity contribution is -0.107. The van der Waals surface area contributed by atoms with Gasteiger partial charge < -0.3 is 13.5 Å². The van der Waals surface area contributed by atoms with Crippen LogP contribution in [0.4, 0.5) is 0 Å². The lowest BCUT2D eigenvalue weighted by atomic mass is 10.3. The van der Waals surface area contributed by atoms with Crippen molar-refractivity contribution in [1.29, 1.82) is 0 Å². The normalized spacial score (nSPS) is 12.9. The van der Waals surface area contributed by atoms with E-state index in [1.54, 1.807) is 0 Å². The first kappa shape index (κ1) is 9.74. The predicted octanol–water partition coefficient (Wildman–Crippen LogP) is 0.166. The zero-order chi connectivity index (χ0) is 7.82. The fourth-order valence-corrected chi connectivity index (χ4v) is 0.711. The molecule has 0 radical (unpaired) electrons. The minimum absolute atomic E-state index is 0.171. The van der Waals surface area contributed by atoms with Crippen molar-refractivity contribution in [2.75, 3.05) is 6.61 Å². The largest absolute Gasteiger partial charge is 0.750 e. The number of carbonyl (C=O) groups excluding carboxylic acids is 1. The van der Waals surface area contributed by atoms with Crippen molar-refractivity contribution in [3.8, 4) is 0 Å². The Bertz CT molecular complexity index is 114. The Kier molecular flexibility index (Phi) is 6.68. The van der Waals surface area contributed by atoms with E-state index in [9.17, 15) is 13.6 Å². The molecule has 60 valence electrons. The average Bonchev–Trinajstić information content (AvgIpc) is 1.87. The third-order valence-corrected chi connectivity index (χ3v) is 1.25. The summed E-state index contributed by atoms with van der Waals surface area (Å²) < 4.78 is 23.7. The predicted molar refractivity (Wildman–Crippen MR) is 34.8 cm³/mol. The standard InChI is InChI=1S/C5H10O4S/c6-4-2-1-3-5-9-10(7)8/h4H,1-3,5H2,(H,7,8)/p-1. The summed E-state index contributed by atoms with van der Waals surface area (Å²) in [6.45, 7) is 0.171. The fourth-order valence-electron chi connectivity index (χ4n) is 0.457. The first-order chi connectivity index (χ1) is 4.77. The Morgan fingerprint density at radius 2 is 2.20 bits per heavy atom. The second kappa shape index (κ2) is 6.85. The molecule has 0 aromatic carbocycles. The van der Waals surface area contributed by atoms with Gasteiger partial charge in [0, 0.05) is 6.42 Å². The molecule has 1 atom stereocenters. The molecule has 4 nitrogen and oxygen atoms in total. The molecule has 0 bridgehead atoms. The zero-order valence-electron chi connectivity index (χ0n) is 5.45. The van der Waals surface area contributed by atoms with Crippen LogP contribution in [0.1, 0.15) is 19.3 Å². The number of unbranched alkanes of at least 4 members (excludes halogenated alkanes) is 2. The van der Waals surface area contributed by atoms with Crippen LogP contribution in [0.25, 0.3) is 0 Å². The highest BCUT2D eigenvalue weighted by molar-refractivity contribution is 7.74. The van der Waals surface area contributed by atoms with Gasteiger partial charge in [0.15, 0.2) is 0 Å². The summed E-state index contributed by atoms with van der Waals surface area (Å²) in [7, 11) is 0. The Balaban J connectivity index is 2.90. The quantitative estimate of drug-likeness (QED) is 0.319. The molecule has 0 aromatic rings. The molecule has 0 spiro atoms. The van der Waals surface area contributed by atoms with Crippen molar-refractivity contribution in [2.24, 2.45) is 0 Å². The molecule has 1 unspecified atom stereocenters. The molecule has 0 amide bonds. The van der Waals surface area contributed by atoms with Crippen molar-refractivity contribution in [2.45, 2.75) is 19.3 Å². The van der Waals surface area contributed by atoms with Gasteiger partial charge in [-0.3, -0.25) is 0 Å². The first-order valence-electron chi connectivity index (χ1n) is 2.93. The van der Waals surface area contributed by atoms with Gasteiger partial charge in [-0.1, -0.05) is 0 Å². The van der Waals surface area contributed by atoms with Gasteiger partial charge in [0.25, 0.3) is 0 Å². The van der Waals surface area contributed by atoms with Crippen molar-refractivity contribution in [3.63, 3.8) is 0 Å². The molecule has 0 aliphatic heterocycles. The summed E-state index contributed by atoms with van der Waals surface area (Å²) >= 11 is -2.41. The van der Waals surface area contributed by atoms with Crippen LogP contribution in [0.15, 0.2) is 0 Å². The third kappa shape index (κ3) is 7.74. The van der Waals surface area contributed by atoms with E-state index < -0.39 is 11.4 Å². The average molecular weight is 165 g/mol. The van der Waals surface area contributed by atoms with Gasteiger partial charge in [-0.25, -0.2) is 4.21 Å². The smallest absolute Gasteiger partial charge is 0.119 e. The van der Waals surface area contributed by atoms with Crippen LogP contribution >= 0.6 is 0 Å². The molecule has 0 aliphatic carbocycles. The molecule has 5 heteroatoms. The lowest BCUT2D eigenvalue weighted by Gasteiger charge is -2.03. The second-order valence-electron chi connectivity index (χ2n) is 1.69. The summed E-state index contributed by atoms with van der Waals surface area (Å²) in [4.78, 5) is 9.74. The Labute approximate surface area is 62.1 Å². The number of rotatable bonds is 6. The zero-order valence-corrected chi connectivity index (χ0v) is 6.26. The van der Waals surface area contributed by atoms with Crippen LogP contribution in [0, 0.1) is 0 Å². The van der Waals surface area contributed by atoms with E-state index in [4.69, 9.17) is 0 Å². The number of aldehydes is 1. The highest BCUT2D eigenvalue weighted by Crippen LogP contribution is 1.93. The molecule has 0 aromatic heterocycles. The fraction of sp³-hybridized carbons (Fsp3) is 0.800. The maximum absolute atomic E-state index is 9.74. The Hall–Kier alpha value is -0.260. The summed E-state index contributed by atoms with van der Waals surface area (Å²) in [5, 5.41) is 0. The van der Waals surface area contributed by atoms with Crippen LogP contribution in [0.5, 0.6) is 0 Å². The summed E-state index contributed by atoms with van der Waals surface area (Å²) in [5.74, 6) is 0. The molecule has 0 N–H and O–H groups in total. The van der Waals surface area contributed by atoms with E-state index >= 15 is 0 Å². The molecule has 0 aliphatic rings. The number of hydrogen-bond acceptors (Lipinski definition) is 4. The van der Waals surface area contributed by atoms with Gasteiger partial charge in [-0.05, 0) is 12.8 Å². The molecule has 0 saturated heterocycles. The van der Waals surface area contributed by atoms with E-state index in [0.717, 1.165) is 6.29 Å². The van der Waals surface area contributed by atoms with Crippen LogP contribution in [0.3, 0.4) is 0 Å².